The number of allylic oxidation sites excluding steroid dienone is 3. The van der Waals surface area contributed by atoms with Gasteiger partial charge >= 0.3 is 5.97 Å². The molecule has 1 unspecified atom stereocenters. The Kier molecular flexibility index (Phi) is 5.35. The van der Waals surface area contributed by atoms with Crippen LogP contribution in [0.2, 0.25) is 0 Å². The van der Waals surface area contributed by atoms with E-state index in [1.807, 2.05) is 6.92 Å². The molecule has 0 aromatic heterocycles. The van der Waals surface area contributed by atoms with Crippen molar-refractivity contribution in [2.24, 2.45) is 0 Å². The highest BCUT2D eigenvalue weighted by Gasteiger charge is 2.40. The van der Waals surface area contributed by atoms with Crippen molar-refractivity contribution in [1.29, 1.82) is 0 Å². The topological polar surface area (TPSA) is 84.9 Å². The minimum absolute atomic E-state index is 0.0186. The molecular weight excluding hydrogens is 370 g/mol. The van der Waals surface area contributed by atoms with Crippen LogP contribution in [-0.2, 0) is 14.3 Å². The lowest BCUT2D eigenvalue weighted by Gasteiger charge is -2.34. The molecule has 3 aliphatic rings. The van der Waals surface area contributed by atoms with Gasteiger partial charge in [0, 0.05) is 29.3 Å². The molecule has 29 heavy (non-hydrogen) atoms. The Balaban J connectivity index is 1.79. The number of carbonyl (C=O) groups excluding carboxylic acids is 2. The van der Waals surface area contributed by atoms with E-state index in [1.54, 1.807) is 18.2 Å². The number of hydrogen-bond donors (Lipinski definition) is 2. The van der Waals surface area contributed by atoms with Gasteiger partial charge in [0.15, 0.2) is 17.3 Å². The summed E-state index contributed by atoms with van der Waals surface area (Å²) in [6, 6.07) is 4.99. The van der Waals surface area contributed by atoms with Crippen molar-refractivity contribution in [2.75, 3.05) is 7.11 Å². The molecule has 6 nitrogen and oxygen atoms in total. The van der Waals surface area contributed by atoms with E-state index in [1.165, 1.54) is 7.11 Å². The summed E-state index contributed by atoms with van der Waals surface area (Å²) in [5, 5.41) is 13.3. The highest BCUT2D eigenvalue weighted by molar-refractivity contribution is 6.03. The maximum atomic E-state index is 13.2. The number of rotatable bonds is 4. The molecular formula is C23H27NO5. The number of phenolic OH excluding ortho intramolecular Hbond substituents is 1. The number of carbonyl (C=O) groups is 2. The van der Waals surface area contributed by atoms with Gasteiger partial charge < -0.3 is 19.9 Å². The molecule has 2 N–H and O–H groups in total. The van der Waals surface area contributed by atoms with Crippen molar-refractivity contribution in [3.05, 3.63) is 46.3 Å². The molecule has 1 aromatic rings. The maximum Gasteiger partial charge on any atom is 0.337 e. The van der Waals surface area contributed by atoms with E-state index < -0.39 is 5.92 Å². The molecule has 154 valence electrons. The Bertz CT molecular complexity index is 908. The molecule has 6 heteroatoms. The van der Waals surface area contributed by atoms with Gasteiger partial charge in [0.1, 0.15) is 6.10 Å². The second kappa shape index (κ2) is 7.93. The zero-order valence-electron chi connectivity index (χ0n) is 16.9. The largest absolute Gasteiger partial charge is 0.504 e. The molecule has 1 heterocycles. The van der Waals surface area contributed by atoms with E-state index in [0.29, 0.717) is 23.3 Å². The van der Waals surface area contributed by atoms with Crippen molar-refractivity contribution in [2.45, 2.75) is 63.9 Å². The van der Waals surface area contributed by atoms with Crippen molar-refractivity contribution < 1.29 is 24.2 Å². The second-order valence-electron chi connectivity index (χ2n) is 8.01. The summed E-state index contributed by atoms with van der Waals surface area (Å²) in [4.78, 5) is 26.1. The Morgan fingerprint density at radius 3 is 2.66 bits per heavy atom. The third-order valence-electron chi connectivity index (χ3n) is 6.11. The van der Waals surface area contributed by atoms with Gasteiger partial charge in [-0.2, -0.15) is 0 Å². The molecule has 2 aliphatic carbocycles. The second-order valence-corrected chi connectivity index (χ2v) is 8.01. The number of hydrogen-bond acceptors (Lipinski definition) is 6. The number of phenols is 1. The maximum absolute atomic E-state index is 13.2. The van der Waals surface area contributed by atoms with Gasteiger partial charge in [-0.25, -0.2) is 4.79 Å². The van der Waals surface area contributed by atoms with E-state index in [0.717, 1.165) is 55.5 Å². The van der Waals surface area contributed by atoms with Gasteiger partial charge in [-0.05, 0) is 63.1 Å². The molecule has 1 aromatic carbocycles. The number of dihydropyridines is 1. The lowest BCUT2D eigenvalue weighted by atomic mass is 9.75. The third-order valence-corrected chi connectivity index (χ3v) is 6.11. The number of Topliss-reactive ketones (excluding diaryl/α,β-unsaturated/α-hetero) is 1. The molecule has 1 atom stereocenters. The number of benzene rings is 1. The first-order chi connectivity index (χ1) is 14.0. The number of aromatic hydroxyl groups is 1. The average molecular weight is 397 g/mol. The van der Waals surface area contributed by atoms with Gasteiger partial charge in [-0.1, -0.05) is 6.07 Å². The first kappa shape index (κ1) is 19.6. The Labute approximate surface area is 170 Å². The van der Waals surface area contributed by atoms with Gasteiger partial charge in [-0.15, -0.1) is 0 Å². The molecule has 0 spiro atoms. The molecule has 4 rings (SSSR count). The molecule has 1 saturated carbocycles. The molecule has 0 bridgehead atoms. The van der Waals surface area contributed by atoms with Crippen LogP contribution in [0.1, 0.15) is 63.4 Å². The fraction of sp³-hybridized carbons (Fsp3) is 0.478. The van der Waals surface area contributed by atoms with Crippen LogP contribution in [0.4, 0.5) is 0 Å². The first-order valence-corrected chi connectivity index (χ1v) is 10.3. The van der Waals surface area contributed by atoms with Crippen LogP contribution < -0.4 is 10.1 Å². The molecule has 1 aliphatic heterocycles. The summed E-state index contributed by atoms with van der Waals surface area (Å²) >= 11 is 0. The Morgan fingerprint density at radius 1 is 1.17 bits per heavy atom. The third kappa shape index (κ3) is 3.63. The average Bonchev–Trinajstić information content (AvgIpc) is 3.20. The summed E-state index contributed by atoms with van der Waals surface area (Å²) in [5.74, 6) is -0.515. The Morgan fingerprint density at radius 2 is 1.93 bits per heavy atom. The fourth-order valence-electron chi connectivity index (χ4n) is 4.68. The monoisotopic (exact) mass is 397 g/mol. The highest BCUT2D eigenvalue weighted by atomic mass is 16.5. The molecule has 0 saturated heterocycles. The van der Waals surface area contributed by atoms with E-state index >= 15 is 0 Å². The van der Waals surface area contributed by atoms with Crippen molar-refractivity contribution in [3.8, 4) is 11.5 Å². The molecule has 0 amide bonds. The van der Waals surface area contributed by atoms with E-state index in [2.05, 4.69) is 5.32 Å². The van der Waals surface area contributed by atoms with Crippen LogP contribution in [-0.4, -0.2) is 30.1 Å². The minimum atomic E-state index is -0.526. The number of esters is 1. The minimum Gasteiger partial charge on any atom is -0.504 e. The summed E-state index contributed by atoms with van der Waals surface area (Å²) < 4.78 is 11.1. The summed E-state index contributed by atoms with van der Waals surface area (Å²) in [7, 11) is 1.48. The highest BCUT2D eigenvalue weighted by Crippen LogP contribution is 2.44. The zero-order chi connectivity index (χ0) is 20.5. The normalized spacial score (nSPS) is 22.4. The predicted octanol–water partition coefficient (Wildman–Crippen LogP) is 3.85. The lowest BCUT2D eigenvalue weighted by Crippen LogP contribution is -2.35. The van der Waals surface area contributed by atoms with Gasteiger partial charge in [0.05, 0.1) is 12.7 Å². The van der Waals surface area contributed by atoms with Crippen LogP contribution in [0.15, 0.2) is 40.7 Å². The van der Waals surface area contributed by atoms with Crippen LogP contribution in [0.25, 0.3) is 0 Å². The number of nitrogens with one attached hydrogen (secondary N) is 1. The lowest BCUT2D eigenvalue weighted by molar-refractivity contribution is -0.144. The van der Waals surface area contributed by atoms with Crippen LogP contribution in [0.3, 0.4) is 0 Å². The quantitative estimate of drug-likeness (QED) is 0.751. The van der Waals surface area contributed by atoms with Crippen LogP contribution in [0.5, 0.6) is 11.5 Å². The zero-order valence-corrected chi connectivity index (χ0v) is 16.9. The van der Waals surface area contributed by atoms with Crippen molar-refractivity contribution in [1.82, 2.24) is 5.32 Å². The summed E-state index contributed by atoms with van der Waals surface area (Å²) in [5.41, 5.74) is 3.44. The van der Waals surface area contributed by atoms with Crippen molar-refractivity contribution in [3.63, 3.8) is 0 Å². The Hall–Kier alpha value is -2.76. The van der Waals surface area contributed by atoms with Crippen LogP contribution >= 0.6 is 0 Å². The van der Waals surface area contributed by atoms with E-state index in [4.69, 9.17) is 9.47 Å². The van der Waals surface area contributed by atoms with Gasteiger partial charge in [-0.3, -0.25) is 4.79 Å². The molecule has 0 radical (unpaired) electrons. The number of methoxy groups -OCH3 is 1. The number of ketones is 1. The predicted molar refractivity (Wildman–Crippen MR) is 107 cm³/mol. The SMILES string of the molecule is COc1cc(C2C(C(=O)OC3CCCC3)=C(C)NC3=C2C(=O)CCC3)ccc1O. The fourth-order valence-corrected chi connectivity index (χ4v) is 4.68. The smallest absolute Gasteiger partial charge is 0.337 e. The van der Waals surface area contributed by atoms with Crippen LogP contribution in [0, 0.1) is 0 Å². The van der Waals surface area contributed by atoms with E-state index in [9.17, 15) is 14.7 Å². The van der Waals surface area contributed by atoms with Gasteiger partial charge in [0.25, 0.3) is 0 Å². The van der Waals surface area contributed by atoms with Crippen molar-refractivity contribution >= 4 is 11.8 Å². The van der Waals surface area contributed by atoms with Gasteiger partial charge in [0.2, 0.25) is 0 Å². The first-order valence-electron chi connectivity index (χ1n) is 10.3. The summed E-state index contributed by atoms with van der Waals surface area (Å²) in [6.45, 7) is 1.86. The number of ether oxygens (including phenoxy) is 2. The summed E-state index contributed by atoms with van der Waals surface area (Å²) in [6.07, 6.45) is 5.89. The van der Waals surface area contributed by atoms with E-state index in [-0.39, 0.29) is 23.6 Å². The molecule has 1 fully saturated rings. The standard InChI is InChI=1S/C23H27NO5/c1-13-20(23(27)29-15-6-3-4-7-15)21(14-10-11-17(25)19(12-14)28-2)22-16(24-13)8-5-9-18(22)26/h10-12,15,21,24-25H,3-9H2,1-2H3.